The zero-order valence-corrected chi connectivity index (χ0v) is 35.8. The molecule has 0 amide bonds. The van der Waals surface area contributed by atoms with Crippen LogP contribution >= 0.6 is 0 Å². The quantitative estimate of drug-likeness (QED) is 0.171. The zero-order valence-electron chi connectivity index (χ0n) is 35.8. The highest BCUT2D eigenvalue weighted by atomic mass is 16.3. The number of nitrogens with zero attached hydrogens (tertiary/aromatic N) is 1. The molecule has 0 radical (unpaired) electrons. The number of anilines is 4. The Bertz CT molecular complexity index is 3270. The van der Waals surface area contributed by atoms with Crippen LogP contribution in [-0.4, -0.2) is 0 Å². The lowest BCUT2D eigenvalue weighted by Gasteiger charge is -2.30. The van der Waals surface area contributed by atoms with Gasteiger partial charge in [-0.15, -0.1) is 0 Å². The predicted octanol–water partition coefficient (Wildman–Crippen LogP) is 16.5. The Morgan fingerprint density at radius 3 is 1.72 bits per heavy atom. The molecule has 298 valence electrons. The molecule has 61 heavy (non-hydrogen) atoms. The molecule has 1 aromatic heterocycles. The fourth-order valence-corrected chi connectivity index (χ4v) is 8.79. The highest BCUT2D eigenvalue weighted by molar-refractivity contribution is 6.11. The lowest BCUT2D eigenvalue weighted by Crippen LogP contribution is -2.15. The molecule has 10 aromatic rings. The fourth-order valence-electron chi connectivity index (χ4n) is 8.79. The minimum absolute atomic E-state index is 0.0406. The van der Waals surface area contributed by atoms with E-state index in [1.165, 1.54) is 21.9 Å². The summed E-state index contributed by atoms with van der Waals surface area (Å²) >= 11 is 0. The highest BCUT2D eigenvalue weighted by Gasteiger charge is 2.24. The van der Waals surface area contributed by atoms with Gasteiger partial charge >= 0.3 is 0 Å². The first-order valence-electron chi connectivity index (χ1n) is 21.3. The summed E-state index contributed by atoms with van der Waals surface area (Å²) in [6.45, 7) is 13.7. The topological polar surface area (TPSA) is 42.4 Å². The van der Waals surface area contributed by atoms with E-state index in [-0.39, 0.29) is 10.8 Å². The molecular weight excluding hydrogens is 741 g/mol. The van der Waals surface area contributed by atoms with E-state index in [0.29, 0.717) is 0 Å². The molecule has 0 aliphatic carbocycles. The summed E-state index contributed by atoms with van der Waals surface area (Å²) in [7, 11) is 0. The third kappa shape index (κ3) is 7.10. The molecule has 3 nitrogen and oxygen atoms in total. The molecule has 0 bridgehead atoms. The van der Waals surface area contributed by atoms with Crippen LogP contribution in [0, 0.1) is 0 Å². The number of furan rings is 1. The van der Waals surface area contributed by atoms with Gasteiger partial charge in [0.05, 0.1) is 5.69 Å². The molecule has 10 rings (SSSR count). The Kier molecular flexibility index (Phi) is 9.10. The minimum atomic E-state index is -0.0505. The highest BCUT2D eigenvalue weighted by Crippen LogP contribution is 2.47. The molecule has 0 aliphatic rings. The Morgan fingerprint density at radius 1 is 0.393 bits per heavy atom. The van der Waals surface area contributed by atoms with E-state index in [9.17, 15) is 0 Å². The van der Waals surface area contributed by atoms with Gasteiger partial charge in [0.1, 0.15) is 11.2 Å². The van der Waals surface area contributed by atoms with Crippen molar-refractivity contribution in [1.82, 2.24) is 0 Å². The monoisotopic (exact) mass is 790 g/mol. The third-order valence-corrected chi connectivity index (χ3v) is 12.2. The van der Waals surface area contributed by atoms with Crippen LogP contribution < -0.4 is 10.6 Å². The second kappa shape index (κ2) is 14.6. The summed E-state index contributed by atoms with van der Waals surface area (Å²) in [5, 5.41) is 6.84. The normalized spacial score (nSPS) is 12.2. The molecule has 2 N–H and O–H groups in total. The summed E-state index contributed by atoms with van der Waals surface area (Å²) in [5.41, 5.74) is 21.8. The minimum Gasteiger partial charge on any atom is -0.456 e. The Balaban J connectivity index is 1.27. The summed E-state index contributed by atoms with van der Waals surface area (Å²) in [6, 6.07) is 66.0. The van der Waals surface area contributed by atoms with E-state index in [1.807, 2.05) is 0 Å². The van der Waals surface area contributed by atoms with Crippen molar-refractivity contribution in [2.75, 3.05) is 10.6 Å². The molecule has 1 heterocycles. The average molecular weight is 791 g/mol. The molecule has 0 atom stereocenters. The van der Waals surface area contributed by atoms with Crippen molar-refractivity contribution in [2.45, 2.75) is 52.4 Å². The lowest BCUT2D eigenvalue weighted by molar-refractivity contribution is 0.590. The van der Waals surface area contributed by atoms with Gasteiger partial charge in [-0.2, -0.15) is 0 Å². The van der Waals surface area contributed by atoms with Crippen molar-refractivity contribution in [3.63, 3.8) is 0 Å². The van der Waals surface area contributed by atoms with Crippen molar-refractivity contribution in [3.05, 3.63) is 193 Å². The standard InChI is InChI=1S/C58H50N2O/c1-57(2,3)45-22-21-41-34-56-51(32-43(41)28-45)52-36-47(24-26-55(52)61-56)60(54-25-23-46(58(4,5)6)35-50(54)38-17-11-8-12-18-38)48-29-42(37-15-9-7-10-16-37)27-44(30-48)49-31-39-19-13-14-20-40(39)33-53(49)59/h7-36H,59H2,1-6H3. The van der Waals surface area contributed by atoms with Gasteiger partial charge in [0.2, 0.25) is 0 Å². The van der Waals surface area contributed by atoms with E-state index in [2.05, 4.69) is 228 Å². The first-order valence-corrected chi connectivity index (χ1v) is 21.3. The van der Waals surface area contributed by atoms with Crippen molar-refractivity contribution in [2.24, 2.45) is 0 Å². The van der Waals surface area contributed by atoms with Crippen LogP contribution in [-0.2, 0) is 10.8 Å². The second-order valence-corrected chi connectivity index (χ2v) is 18.5. The Hall–Kier alpha value is -7.10. The third-order valence-electron chi connectivity index (χ3n) is 12.2. The molecule has 0 aliphatic heterocycles. The van der Waals surface area contributed by atoms with Crippen LogP contribution in [0.3, 0.4) is 0 Å². The number of rotatable bonds is 6. The van der Waals surface area contributed by atoms with Gasteiger partial charge in [0.15, 0.2) is 0 Å². The summed E-state index contributed by atoms with van der Waals surface area (Å²) in [5.74, 6) is 0. The molecule has 0 unspecified atom stereocenters. The van der Waals surface area contributed by atoms with Gasteiger partial charge in [-0.25, -0.2) is 0 Å². The Morgan fingerprint density at radius 2 is 1.00 bits per heavy atom. The van der Waals surface area contributed by atoms with Crippen molar-refractivity contribution in [3.8, 4) is 33.4 Å². The smallest absolute Gasteiger partial charge is 0.136 e. The van der Waals surface area contributed by atoms with Crippen LogP contribution in [0.4, 0.5) is 22.7 Å². The van der Waals surface area contributed by atoms with Gasteiger partial charge in [0.25, 0.3) is 0 Å². The van der Waals surface area contributed by atoms with Crippen molar-refractivity contribution in [1.29, 1.82) is 0 Å². The van der Waals surface area contributed by atoms with Gasteiger partial charge in [-0.1, -0.05) is 151 Å². The molecule has 0 spiro atoms. The number of nitrogen functional groups attached to an aromatic ring is 1. The molecular formula is C58H50N2O. The SMILES string of the molecule is CC(C)(C)c1ccc(N(c2cc(-c3ccccc3)cc(-c3cc4ccccc4cc3N)c2)c2ccc3oc4cc5ccc(C(C)(C)C)cc5cc4c3c2)c(-c2ccccc2)c1. The maximum absolute atomic E-state index is 6.96. The molecule has 9 aromatic carbocycles. The van der Waals surface area contributed by atoms with Gasteiger partial charge < -0.3 is 15.1 Å². The van der Waals surface area contributed by atoms with Crippen LogP contribution in [0.5, 0.6) is 0 Å². The van der Waals surface area contributed by atoms with Crippen LogP contribution in [0.1, 0.15) is 52.7 Å². The van der Waals surface area contributed by atoms with E-state index in [1.54, 1.807) is 0 Å². The van der Waals surface area contributed by atoms with Crippen LogP contribution in [0.25, 0.3) is 76.9 Å². The van der Waals surface area contributed by atoms with E-state index in [4.69, 9.17) is 10.2 Å². The fraction of sp³-hybridized carbons (Fsp3) is 0.138. The average Bonchev–Trinajstić information content (AvgIpc) is 3.61. The molecule has 0 fully saturated rings. The summed E-state index contributed by atoms with van der Waals surface area (Å²) in [6.07, 6.45) is 0. The summed E-state index contributed by atoms with van der Waals surface area (Å²) < 4.78 is 6.62. The largest absolute Gasteiger partial charge is 0.456 e. The second-order valence-electron chi connectivity index (χ2n) is 18.5. The van der Waals surface area contributed by atoms with Crippen LogP contribution in [0.2, 0.25) is 0 Å². The number of benzene rings is 9. The Labute approximate surface area is 358 Å². The van der Waals surface area contributed by atoms with Crippen LogP contribution in [0.15, 0.2) is 186 Å². The van der Waals surface area contributed by atoms with E-state index in [0.717, 1.165) is 88.8 Å². The van der Waals surface area contributed by atoms with E-state index < -0.39 is 0 Å². The first-order chi connectivity index (χ1) is 29.4. The summed E-state index contributed by atoms with van der Waals surface area (Å²) in [4.78, 5) is 2.43. The van der Waals surface area contributed by atoms with Gasteiger partial charge in [0, 0.05) is 39.0 Å². The molecule has 3 heteroatoms. The maximum atomic E-state index is 6.96. The maximum Gasteiger partial charge on any atom is 0.136 e. The van der Waals surface area contributed by atoms with E-state index >= 15 is 0 Å². The molecule has 0 saturated carbocycles. The predicted molar refractivity (Wildman–Crippen MR) is 262 cm³/mol. The van der Waals surface area contributed by atoms with Gasteiger partial charge in [-0.05, 0) is 139 Å². The first kappa shape index (κ1) is 38.1. The number of nitrogens with two attached hydrogens (primary N) is 1. The number of hydrogen-bond donors (Lipinski definition) is 1. The zero-order chi connectivity index (χ0) is 42.0. The van der Waals surface area contributed by atoms with Gasteiger partial charge in [-0.3, -0.25) is 0 Å². The lowest BCUT2D eigenvalue weighted by atomic mass is 9.84. The molecule has 0 saturated heterocycles. The van der Waals surface area contributed by atoms with Crippen molar-refractivity contribution >= 4 is 66.2 Å². The van der Waals surface area contributed by atoms with Crippen molar-refractivity contribution < 1.29 is 4.42 Å². The number of hydrogen-bond acceptors (Lipinski definition) is 3. The number of fused-ring (bicyclic) bond motifs is 5.